The smallest absolute Gasteiger partial charge is 0.0613 e. The summed E-state index contributed by atoms with van der Waals surface area (Å²) in [5.74, 6) is 0. The van der Waals surface area contributed by atoms with Crippen molar-refractivity contribution in [3.05, 3.63) is 34.3 Å². The highest BCUT2D eigenvalue weighted by atomic mass is 79.9. The van der Waals surface area contributed by atoms with Crippen molar-refractivity contribution in [2.24, 2.45) is 0 Å². The fourth-order valence-corrected chi connectivity index (χ4v) is 2.23. The van der Waals surface area contributed by atoms with Gasteiger partial charge in [0, 0.05) is 23.7 Å². The molecule has 3 heteroatoms. The maximum absolute atomic E-state index is 5.14. The molecule has 2 atom stereocenters. The van der Waals surface area contributed by atoms with E-state index in [0.717, 1.165) is 17.5 Å². The summed E-state index contributed by atoms with van der Waals surface area (Å²) in [5.41, 5.74) is 1.32. The van der Waals surface area contributed by atoms with E-state index < -0.39 is 0 Å². The second-order valence-electron chi connectivity index (χ2n) is 4.04. The second-order valence-corrected chi connectivity index (χ2v) is 4.95. The van der Waals surface area contributed by atoms with Crippen LogP contribution in [0.15, 0.2) is 28.7 Å². The molecule has 1 rings (SSSR count). The number of hydrogen-bond donors (Lipinski definition) is 1. The third kappa shape index (κ3) is 4.24. The van der Waals surface area contributed by atoms with Crippen LogP contribution in [-0.2, 0) is 4.74 Å². The van der Waals surface area contributed by atoms with Crippen LogP contribution in [0.3, 0.4) is 0 Å². The number of nitrogens with one attached hydrogen (secondary N) is 1. The van der Waals surface area contributed by atoms with E-state index >= 15 is 0 Å². The van der Waals surface area contributed by atoms with Gasteiger partial charge in [0.05, 0.1) is 6.61 Å². The van der Waals surface area contributed by atoms with Crippen LogP contribution in [0.5, 0.6) is 0 Å². The molecular formula is C13H20BrNO. The Labute approximate surface area is 107 Å². The van der Waals surface area contributed by atoms with Gasteiger partial charge in [0.25, 0.3) is 0 Å². The number of methoxy groups -OCH3 is 1. The number of rotatable bonds is 6. The van der Waals surface area contributed by atoms with Gasteiger partial charge in [0.2, 0.25) is 0 Å². The molecule has 2 unspecified atom stereocenters. The van der Waals surface area contributed by atoms with Crippen molar-refractivity contribution in [3.63, 3.8) is 0 Å². The minimum atomic E-state index is 0.369. The van der Waals surface area contributed by atoms with Gasteiger partial charge in [-0.3, -0.25) is 0 Å². The van der Waals surface area contributed by atoms with E-state index in [1.165, 1.54) is 5.56 Å². The summed E-state index contributed by atoms with van der Waals surface area (Å²) >= 11 is 3.50. The van der Waals surface area contributed by atoms with Gasteiger partial charge in [0.15, 0.2) is 0 Å². The van der Waals surface area contributed by atoms with E-state index in [1.54, 1.807) is 7.11 Å². The molecule has 90 valence electrons. The van der Waals surface area contributed by atoms with Crippen LogP contribution in [0.2, 0.25) is 0 Å². The van der Waals surface area contributed by atoms with Crippen molar-refractivity contribution >= 4 is 15.9 Å². The van der Waals surface area contributed by atoms with E-state index in [1.807, 2.05) is 0 Å². The summed E-state index contributed by atoms with van der Waals surface area (Å²) in [6.45, 7) is 5.08. The van der Waals surface area contributed by atoms with E-state index in [0.29, 0.717) is 12.1 Å². The van der Waals surface area contributed by atoms with Gasteiger partial charge in [0.1, 0.15) is 0 Å². The number of halogens is 1. The van der Waals surface area contributed by atoms with Gasteiger partial charge in [-0.05, 0) is 31.0 Å². The Morgan fingerprint density at radius 1 is 1.44 bits per heavy atom. The Bertz CT molecular complexity index is 317. The van der Waals surface area contributed by atoms with Crippen LogP contribution < -0.4 is 5.32 Å². The Morgan fingerprint density at radius 2 is 2.19 bits per heavy atom. The largest absolute Gasteiger partial charge is 0.383 e. The van der Waals surface area contributed by atoms with Crippen LogP contribution in [0, 0.1) is 0 Å². The van der Waals surface area contributed by atoms with Crippen molar-refractivity contribution in [2.75, 3.05) is 13.7 Å². The molecule has 0 bridgehead atoms. The highest BCUT2D eigenvalue weighted by Crippen LogP contribution is 2.21. The summed E-state index contributed by atoms with van der Waals surface area (Å²) in [4.78, 5) is 0. The average Bonchev–Trinajstić information content (AvgIpc) is 2.26. The lowest BCUT2D eigenvalue weighted by Crippen LogP contribution is -2.33. The van der Waals surface area contributed by atoms with Gasteiger partial charge in [-0.1, -0.05) is 35.0 Å². The first-order chi connectivity index (χ1) is 7.67. The molecule has 1 aromatic carbocycles. The Hall–Kier alpha value is -0.380. The minimum Gasteiger partial charge on any atom is -0.383 e. The quantitative estimate of drug-likeness (QED) is 0.864. The first kappa shape index (κ1) is 13.7. The Balaban J connectivity index is 2.67. The first-order valence-electron chi connectivity index (χ1n) is 5.67. The normalized spacial score (nSPS) is 14.8. The van der Waals surface area contributed by atoms with Crippen LogP contribution in [-0.4, -0.2) is 19.8 Å². The van der Waals surface area contributed by atoms with Crippen molar-refractivity contribution < 1.29 is 4.74 Å². The fraction of sp³-hybridized carbons (Fsp3) is 0.538. The maximum atomic E-state index is 5.14. The molecule has 1 aromatic rings. The van der Waals surface area contributed by atoms with E-state index in [2.05, 4.69) is 59.4 Å². The topological polar surface area (TPSA) is 21.3 Å². The Morgan fingerprint density at radius 3 is 2.75 bits per heavy atom. The van der Waals surface area contributed by atoms with Crippen LogP contribution in [0.4, 0.5) is 0 Å². The van der Waals surface area contributed by atoms with E-state index in [9.17, 15) is 0 Å². The summed E-state index contributed by atoms with van der Waals surface area (Å²) < 4.78 is 6.27. The predicted molar refractivity (Wildman–Crippen MR) is 71.6 cm³/mol. The van der Waals surface area contributed by atoms with Crippen molar-refractivity contribution in [1.82, 2.24) is 5.32 Å². The first-order valence-corrected chi connectivity index (χ1v) is 6.47. The fourth-order valence-electron chi connectivity index (χ4n) is 1.81. The molecule has 0 amide bonds. The van der Waals surface area contributed by atoms with Crippen molar-refractivity contribution in [2.45, 2.75) is 32.4 Å². The molecule has 0 saturated heterocycles. The van der Waals surface area contributed by atoms with Crippen molar-refractivity contribution in [1.29, 1.82) is 0 Å². The van der Waals surface area contributed by atoms with Crippen LogP contribution in [0.1, 0.15) is 31.9 Å². The second kappa shape index (κ2) is 7.05. The summed E-state index contributed by atoms with van der Waals surface area (Å²) in [6.07, 6.45) is 1.07. The third-order valence-corrected chi connectivity index (χ3v) is 3.05. The molecule has 0 heterocycles. The molecule has 0 aliphatic heterocycles. The molecule has 0 radical (unpaired) electrons. The maximum Gasteiger partial charge on any atom is 0.0613 e. The molecule has 0 aliphatic carbocycles. The lowest BCUT2D eigenvalue weighted by Gasteiger charge is -2.22. The van der Waals surface area contributed by atoms with Gasteiger partial charge in [-0.2, -0.15) is 0 Å². The van der Waals surface area contributed by atoms with Gasteiger partial charge in [-0.25, -0.2) is 0 Å². The highest BCUT2D eigenvalue weighted by Gasteiger charge is 2.12. The molecule has 0 aromatic heterocycles. The number of ether oxygens (including phenoxy) is 1. The molecule has 0 saturated carbocycles. The molecule has 0 aliphatic rings. The Kier molecular flexibility index (Phi) is 6.03. The zero-order valence-corrected chi connectivity index (χ0v) is 11.8. The monoisotopic (exact) mass is 285 g/mol. The van der Waals surface area contributed by atoms with Gasteiger partial charge >= 0.3 is 0 Å². The minimum absolute atomic E-state index is 0.369. The van der Waals surface area contributed by atoms with E-state index in [4.69, 9.17) is 4.74 Å². The molecule has 16 heavy (non-hydrogen) atoms. The molecule has 1 N–H and O–H groups in total. The standard InChI is InChI=1S/C13H20BrNO/c1-4-13(15-10(2)9-16-3)11-6-5-7-12(14)8-11/h5-8,10,13,15H,4,9H2,1-3H3. The third-order valence-electron chi connectivity index (χ3n) is 2.56. The summed E-state index contributed by atoms with van der Waals surface area (Å²) in [7, 11) is 1.73. The molecule has 0 fully saturated rings. The highest BCUT2D eigenvalue weighted by molar-refractivity contribution is 9.10. The molecular weight excluding hydrogens is 266 g/mol. The molecule has 2 nitrogen and oxygen atoms in total. The average molecular weight is 286 g/mol. The lowest BCUT2D eigenvalue weighted by atomic mass is 10.0. The van der Waals surface area contributed by atoms with E-state index in [-0.39, 0.29) is 0 Å². The van der Waals surface area contributed by atoms with Crippen molar-refractivity contribution in [3.8, 4) is 0 Å². The zero-order chi connectivity index (χ0) is 12.0. The SMILES string of the molecule is CCC(NC(C)COC)c1cccc(Br)c1. The summed E-state index contributed by atoms with van der Waals surface area (Å²) in [5, 5.41) is 3.57. The lowest BCUT2D eigenvalue weighted by molar-refractivity contribution is 0.166. The number of benzene rings is 1. The van der Waals surface area contributed by atoms with Crippen LogP contribution in [0.25, 0.3) is 0 Å². The van der Waals surface area contributed by atoms with Gasteiger partial charge < -0.3 is 10.1 Å². The number of hydrogen-bond acceptors (Lipinski definition) is 2. The van der Waals surface area contributed by atoms with Gasteiger partial charge in [-0.15, -0.1) is 0 Å². The summed E-state index contributed by atoms with van der Waals surface area (Å²) in [6, 6.07) is 9.21. The zero-order valence-electron chi connectivity index (χ0n) is 10.2. The van der Waals surface area contributed by atoms with Crippen LogP contribution >= 0.6 is 15.9 Å². The molecule has 0 spiro atoms. The predicted octanol–water partition coefficient (Wildman–Crippen LogP) is 3.52.